The van der Waals surface area contributed by atoms with Gasteiger partial charge in [0.05, 0.1) is 4.90 Å². The molecule has 1 aromatic heterocycles. The molecular weight excluding hydrogens is 365 g/mol. The van der Waals surface area contributed by atoms with Crippen LogP contribution in [0.25, 0.3) is 0 Å². The molecule has 1 aromatic carbocycles. The maximum absolute atomic E-state index is 12.1. The van der Waals surface area contributed by atoms with Gasteiger partial charge in [-0.15, -0.1) is 11.3 Å². The van der Waals surface area contributed by atoms with Gasteiger partial charge in [0.1, 0.15) is 6.54 Å². The summed E-state index contributed by atoms with van der Waals surface area (Å²) >= 11 is 1.40. The lowest BCUT2D eigenvalue weighted by Crippen LogP contribution is -2.33. The molecule has 0 bridgehead atoms. The van der Waals surface area contributed by atoms with Crippen LogP contribution in [-0.4, -0.2) is 27.0 Å². The van der Waals surface area contributed by atoms with Crippen molar-refractivity contribution in [3.63, 3.8) is 0 Å². The quantitative estimate of drug-likeness (QED) is 0.811. The van der Waals surface area contributed by atoms with E-state index in [1.165, 1.54) is 23.5 Å². The van der Waals surface area contributed by atoms with Crippen molar-refractivity contribution in [3.05, 3.63) is 52.2 Å². The zero-order chi connectivity index (χ0) is 17.8. The topological polar surface area (TPSA) is 75.3 Å². The molecule has 0 fully saturated rings. The highest BCUT2D eigenvalue weighted by Crippen LogP contribution is 2.15. The molecule has 0 saturated carbocycles. The molecule has 0 aliphatic carbocycles. The summed E-state index contributed by atoms with van der Waals surface area (Å²) in [5, 5.41) is 3.53. The molecule has 0 atom stereocenters. The summed E-state index contributed by atoms with van der Waals surface area (Å²) in [5.74, 6) is -0.928. The van der Waals surface area contributed by atoms with Crippen LogP contribution in [0.2, 0.25) is 0 Å². The van der Waals surface area contributed by atoms with Crippen LogP contribution in [0.4, 0.5) is 13.2 Å². The van der Waals surface area contributed by atoms with Crippen LogP contribution in [0.1, 0.15) is 15.2 Å². The second-order valence-corrected chi connectivity index (χ2v) is 7.53. The predicted molar refractivity (Wildman–Crippen MR) is 83.2 cm³/mol. The van der Waals surface area contributed by atoms with Crippen molar-refractivity contribution in [1.29, 1.82) is 0 Å². The van der Waals surface area contributed by atoms with Crippen molar-refractivity contribution in [3.8, 4) is 0 Å². The number of amides is 1. The van der Waals surface area contributed by atoms with Gasteiger partial charge in [-0.25, -0.2) is 13.1 Å². The first-order valence-electron chi connectivity index (χ1n) is 6.64. The lowest BCUT2D eigenvalue weighted by molar-refractivity contribution is -0.123. The lowest BCUT2D eigenvalue weighted by atomic mass is 10.2. The molecule has 0 unspecified atom stereocenters. The SMILES string of the molecule is O=C(NCC(F)(F)F)c1ccc(S(=O)(=O)NCc2cccs2)cc1. The molecule has 2 aromatic rings. The van der Waals surface area contributed by atoms with Crippen LogP contribution >= 0.6 is 11.3 Å². The van der Waals surface area contributed by atoms with Crippen molar-refractivity contribution in [2.45, 2.75) is 17.6 Å². The number of thiophene rings is 1. The molecule has 0 aliphatic rings. The first-order valence-corrected chi connectivity index (χ1v) is 9.01. The van der Waals surface area contributed by atoms with Gasteiger partial charge in [-0.2, -0.15) is 13.2 Å². The Kier molecular flexibility index (Phi) is 5.62. The summed E-state index contributed by atoms with van der Waals surface area (Å²) in [6, 6.07) is 8.22. The maximum atomic E-state index is 12.1. The zero-order valence-corrected chi connectivity index (χ0v) is 13.8. The number of carbonyl (C=O) groups is 1. The van der Waals surface area contributed by atoms with Crippen molar-refractivity contribution in [2.24, 2.45) is 0 Å². The number of alkyl halides is 3. The third-order valence-corrected chi connectivity index (χ3v) is 5.19. The van der Waals surface area contributed by atoms with E-state index in [4.69, 9.17) is 0 Å². The van der Waals surface area contributed by atoms with E-state index in [2.05, 4.69) is 4.72 Å². The number of sulfonamides is 1. The number of rotatable bonds is 6. The van der Waals surface area contributed by atoms with E-state index in [0.717, 1.165) is 17.0 Å². The predicted octanol–water partition coefficient (Wildman–Crippen LogP) is 2.52. The molecule has 0 saturated heterocycles. The minimum atomic E-state index is -4.51. The van der Waals surface area contributed by atoms with E-state index < -0.39 is 28.7 Å². The largest absolute Gasteiger partial charge is 0.405 e. The van der Waals surface area contributed by atoms with Crippen LogP contribution in [0, 0.1) is 0 Å². The average Bonchev–Trinajstić information content (AvgIpc) is 3.04. The first kappa shape index (κ1) is 18.4. The normalized spacial score (nSPS) is 12.1. The number of benzene rings is 1. The van der Waals surface area contributed by atoms with E-state index in [9.17, 15) is 26.4 Å². The Hall–Kier alpha value is -1.91. The van der Waals surface area contributed by atoms with Crippen molar-refractivity contribution in [2.75, 3.05) is 6.54 Å². The molecular formula is C14H13F3N2O3S2. The highest BCUT2D eigenvalue weighted by Gasteiger charge is 2.28. The highest BCUT2D eigenvalue weighted by molar-refractivity contribution is 7.89. The van der Waals surface area contributed by atoms with E-state index in [-0.39, 0.29) is 17.0 Å². The van der Waals surface area contributed by atoms with Gasteiger partial charge in [0.2, 0.25) is 10.0 Å². The van der Waals surface area contributed by atoms with E-state index in [1.807, 2.05) is 5.38 Å². The average molecular weight is 378 g/mol. The monoisotopic (exact) mass is 378 g/mol. The van der Waals surface area contributed by atoms with Crippen molar-refractivity contribution < 1.29 is 26.4 Å². The summed E-state index contributed by atoms with van der Waals surface area (Å²) in [7, 11) is -3.77. The number of nitrogens with one attached hydrogen (secondary N) is 2. The van der Waals surface area contributed by atoms with Crippen LogP contribution < -0.4 is 10.0 Å². The Morgan fingerprint density at radius 2 is 1.79 bits per heavy atom. The summed E-state index contributed by atoms with van der Waals surface area (Å²) in [6.45, 7) is -1.32. The van der Waals surface area contributed by atoms with E-state index in [0.29, 0.717) is 0 Å². The van der Waals surface area contributed by atoms with E-state index in [1.54, 1.807) is 17.4 Å². The molecule has 1 heterocycles. The smallest absolute Gasteiger partial charge is 0.343 e. The minimum Gasteiger partial charge on any atom is -0.343 e. The second-order valence-electron chi connectivity index (χ2n) is 4.73. The number of halogens is 3. The second kappa shape index (κ2) is 7.32. The Bertz CT molecular complexity index is 786. The standard InChI is InChI=1S/C14H13F3N2O3S2/c15-14(16,17)9-18-13(20)10-3-5-12(6-4-10)24(21,22)19-8-11-2-1-7-23-11/h1-7,19H,8-9H2,(H,18,20). The van der Waals surface area contributed by atoms with Crippen LogP contribution in [0.3, 0.4) is 0 Å². The molecule has 0 spiro atoms. The fourth-order valence-electron chi connectivity index (χ4n) is 1.73. The minimum absolute atomic E-state index is 0.0588. The number of hydrogen-bond acceptors (Lipinski definition) is 4. The fourth-order valence-corrected chi connectivity index (χ4v) is 3.47. The Labute approximate surface area is 140 Å². The summed E-state index contributed by atoms with van der Waals surface area (Å²) < 4.78 is 62.8. The van der Waals surface area contributed by atoms with Crippen LogP contribution in [-0.2, 0) is 16.6 Å². The molecule has 1 amide bonds. The van der Waals surface area contributed by atoms with Crippen LogP contribution in [0.5, 0.6) is 0 Å². The molecule has 0 aliphatic heterocycles. The Morgan fingerprint density at radius 3 is 2.33 bits per heavy atom. The van der Waals surface area contributed by atoms with Crippen LogP contribution in [0.15, 0.2) is 46.7 Å². The van der Waals surface area contributed by atoms with E-state index >= 15 is 0 Å². The van der Waals surface area contributed by atoms with Gasteiger partial charge in [-0.1, -0.05) is 6.07 Å². The number of hydrogen-bond donors (Lipinski definition) is 2. The van der Waals surface area contributed by atoms with Gasteiger partial charge in [0.15, 0.2) is 0 Å². The van der Waals surface area contributed by atoms with Gasteiger partial charge in [-0.05, 0) is 35.7 Å². The third-order valence-electron chi connectivity index (χ3n) is 2.89. The van der Waals surface area contributed by atoms with Gasteiger partial charge < -0.3 is 5.32 Å². The maximum Gasteiger partial charge on any atom is 0.405 e. The highest BCUT2D eigenvalue weighted by atomic mass is 32.2. The third kappa shape index (κ3) is 5.32. The molecule has 130 valence electrons. The van der Waals surface area contributed by atoms with Gasteiger partial charge in [0.25, 0.3) is 5.91 Å². The molecule has 0 radical (unpaired) electrons. The summed E-state index contributed by atoms with van der Waals surface area (Å²) in [5.41, 5.74) is -0.0588. The van der Waals surface area contributed by atoms with Gasteiger partial charge in [-0.3, -0.25) is 4.79 Å². The van der Waals surface area contributed by atoms with Gasteiger partial charge in [0, 0.05) is 17.0 Å². The molecule has 2 rings (SSSR count). The Balaban J connectivity index is 2.01. The zero-order valence-electron chi connectivity index (χ0n) is 12.1. The van der Waals surface area contributed by atoms with Crippen molar-refractivity contribution in [1.82, 2.24) is 10.0 Å². The lowest BCUT2D eigenvalue weighted by Gasteiger charge is -2.09. The molecule has 24 heavy (non-hydrogen) atoms. The molecule has 5 nitrogen and oxygen atoms in total. The summed E-state index contributed by atoms with van der Waals surface area (Å²) in [6.07, 6.45) is -4.51. The number of carbonyl (C=O) groups excluding carboxylic acids is 1. The summed E-state index contributed by atoms with van der Waals surface area (Å²) in [4.78, 5) is 12.3. The Morgan fingerprint density at radius 1 is 1.12 bits per heavy atom. The van der Waals surface area contributed by atoms with Gasteiger partial charge >= 0.3 is 6.18 Å². The molecule has 10 heteroatoms. The fraction of sp³-hybridized carbons (Fsp3) is 0.214. The van der Waals surface area contributed by atoms with Crippen molar-refractivity contribution >= 4 is 27.3 Å². The first-order chi connectivity index (χ1) is 11.2. The molecule has 2 N–H and O–H groups in total.